The molecule has 0 saturated heterocycles. The zero-order valence-corrected chi connectivity index (χ0v) is 11.0. The van der Waals surface area contributed by atoms with Gasteiger partial charge in [0, 0.05) is 27.4 Å². The van der Waals surface area contributed by atoms with Crippen molar-refractivity contribution in [1.82, 2.24) is 0 Å². The minimum atomic E-state index is -3.41. The van der Waals surface area contributed by atoms with Gasteiger partial charge in [0.1, 0.15) is 0 Å². The van der Waals surface area contributed by atoms with Crippen LogP contribution >= 0.6 is 7.82 Å². The number of rotatable bonds is 8. The number of phosphoric acid groups is 1. The molecule has 0 radical (unpaired) electrons. The lowest BCUT2D eigenvalue weighted by Gasteiger charge is -2.27. The van der Waals surface area contributed by atoms with Crippen LogP contribution in [-0.2, 0) is 22.9 Å². The van der Waals surface area contributed by atoms with Crippen molar-refractivity contribution in [2.75, 3.05) is 27.4 Å². The lowest BCUT2D eigenvalue weighted by atomic mass is 10.1. The van der Waals surface area contributed by atoms with Crippen molar-refractivity contribution >= 4 is 7.82 Å². The Morgan fingerprint density at radius 2 is 1.73 bits per heavy atom. The first-order chi connectivity index (χ1) is 6.89. The molecule has 0 aliphatic heterocycles. The highest BCUT2D eigenvalue weighted by Gasteiger charge is 2.32. The first-order valence-corrected chi connectivity index (χ1v) is 6.35. The van der Waals surface area contributed by atoms with E-state index in [1.54, 1.807) is 0 Å². The SMILES string of the molecule is CCOCCC(C)(C)OP(=O)(OC)OC. The summed E-state index contributed by atoms with van der Waals surface area (Å²) in [5, 5.41) is 0. The quantitative estimate of drug-likeness (QED) is 0.482. The van der Waals surface area contributed by atoms with E-state index in [-0.39, 0.29) is 0 Å². The van der Waals surface area contributed by atoms with E-state index in [2.05, 4.69) is 0 Å². The molecule has 0 rings (SSSR count). The molecule has 6 heteroatoms. The summed E-state index contributed by atoms with van der Waals surface area (Å²) in [5.74, 6) is 0. The van der Waals surface area contributed by atoms with Gasteiger partial charge in [0.05, 0.1) is 5.60 Å². The van der Waals surface area contributed by atoms with Crippen LogP contribution in [0, 0.1) is 0 Å². The molecule has 0 aromatic rings. The number of ether oxygens (including phenoxy) is 1. The molecule has 0 aliphatic rings. The van der Waals surface area contributed by atoms with E-state index in [0.29, 0.717) is 19.6 Å². The lowest BCUT2D eigenvalue weighted by molar-refractivity contribution is 0.0174. The van der Waals surface area contributed by atoms with E-state index in [1.165, 1.54) is 14.2 Å². The Labute approximate surface area is 91.7 Å². The summed E-state index contributed by atoms with van der Waals surface area (Å²) in [6.07, 6.45) is 0.623. The van der Waals surface area contributed by atoms with Crippen molar-refractivity contribution in [2.24, 2.45) is 0 Å². The minimum absolute atomic E-state index is 0.553. The van der Waals surface area contributed by atoms with Crippen LogP contribution in [0.1, 0.15) is 27.2 Å². The van der Waals surface area contributed by atoms with Gasteiger partial charge in [-0.2, -0.15) is 0 Å². The fourth-order valence-corrected chi connectivity index (χ4v) is 1.95. The highest BCUT2D eigenvalue weighted by molar-refractivity contribution is 7.48. The van der Waals surface area contributed by atoms with Crippen molar-refractivity contribution in [3.05, 3.63) is 0 Å². The molecule has 15 heavy (non-hydrogen) atoms. The molecular formula is C9H21O5P. The van der Waals surface area contributed by atoms with Gasteiger partial charge in [-0.05, 0) is 27.2 Å². The van der Waals surface area contributed by atoms with Crippen LogP contribution in [-0.4, -0.2) is 33.0 Å². The molecule has 0 heterocycles. The Morgan fingerprint density at radius 3 is 2.13 bits per heavy atom. The highest BCUT2D eigenvalue weighted by atomic mass is 31.2. The predicted octanol–water partition coefficient (Wildman–Crippen LogP) is 2.61. The first kappa shape index (κ1) is 15.1. The first-order valence-electron chi connectivity index (χ1n) is 4.89. The van der Waals surface area contributed by atoms with E-state index in [4.69, 9.17) is 18.3 Å². The van der Waals surface area contributed by atoms with Gasteiger partial charge in [0.25, 0.3) is 0 Å². The van der Waals surface area contributed by atoms with Crippen LogP contribution in [0.25, 0.3) is 0 Å². The van der Waals surface area contributed by atoms with Gasteiger partial charge < -0.3 is 4.74 Å². The Hall–Kier alpha value is 0.0700. The maximum atomic E-state index is 11.7. The minimum Gasteiger partial charge on any atom is -0.382 e. The van der Waals surface area contributed by atoms with Gasteiger partial charge in [-0.15, -0.1) is 0 Å². The molecule has 0 fully saturated rings. The Bertz CT molecular complexity index is 209. The van der Waals surface area contributed by atoms with E-state index in [0.717, 1.165) is 0 Å². The molecule has 0 bridgehead atoms. The molecule has 0 N–H and O–H groups in total. The number of phosphoric ester groups is 1. The fourth-order valence-electron chi connectivity index (χ4n) is 0.960. The van der Waals surface area contributed by atoms with Gasteiger partial charge in [0.2, 0.25) is 0 Å². The molecule has 0 aromatic carbocycles. The van der Waals surface area contributed by atoms with Crippen molar-refractivity contribution in [3.8, 4) is 0 Å². The molecule has 0 spiro atoms. The van der Waals surface area contributed by atoms with E-state index >= 15 is 0 Å². The van der Waals surface area contributed by atoms with Crippen molar-refractivity contribution in [2.45, 2.75) is 32.8 Å². The second-order valence-corrected chi connectivity index (χ2v) is 5.42. The summed E-state index contributed by atoms with van der Waals surface area (Å²) < 4.78 is 31.6. The molecule has 0 aromatic heterocycles. The number of hydrogen-bond acceptors (Lipinski definition) is 5. The van der Waals surface area contributed by atoms with Crippen molar-refractivity contribution in [1.29, 1.82) is 0 Å². The number of hydrogen-bond donors (Lipinski definition) is 0. The third kappa shape index (κ3) is 6.28. The largest absolute Gasteiger partial charge is 0.474 e. The van der Waals surface area contributed by atoms with E-state index < -0.39 is 13.4 Å². The van der Waals surface area contributed by atoms with Crippen LogP contribution in [0.3, 0.4) is 0 Å². The molecule has 0 saturated carbocycles. The third-order valence-electron chi connectivity index (χ3n) is 1.86. The average molecular weight is 240 g/mol. The predicted molar refractivity (Wildman–Crippen MR) is 57.9 cm³/mol. The van der Waals surface area contributed by atoms with Crippen LogP contribution in [0.5, 0.6) is 0 Å². The molecule has 5 nitrogen and oxygen atoms in total. The molecule has 0 aliphatic carbocycles. The molecule has 92 valence electrons. The average Bonchev–Trinajstić information content (AvgIpc) is 2.17. The second kappa shape index (κ2) is 6.61. The van der Waals surface area contributed by atoms with Gasteiger partial charge in [-0.3, -0.25) is 13.6 Å². The van der Waals surface area contributed by atoms with E-state index in [1.807, 2.05) is 20.8 Å². The zero-order valence-electron chi connectivity index (χ0n) is 10.1. The maximum Gasteiger partial charge on any atom is 0.474 e. The summed E-state index contributed by atoms with van der Waals surface area (Å²) in [6.45, 7) is 6.76. The molecule has 0 unspecified atom stereocenters. The smallest absolute Gasteiger partial charge is 0.382 e. The normalized spacial score (nSPS) is 13.1. The summed E-state index contributed by atoms with van der Waals surface area (Å²) >= 11 is 0. The lowest BCUT2D eigenvalue weighted by Crippen LogP contribution is -2.25. The molecule has 0 atom stereocenters. The molecular weight excluding hydrogens is 219 g/mol. The van der Waals surface area contributed by atoms with Crippen molar-refractivity contribution in [3.63, 3.8) is 0 Å². The van der Waals surface area contributed by atoms with Gasteiger partial charge in [-0.1, -0.05) is 0 Å². The molecule has 0 amide bonds. The Kier molecular flexibility index (Phi) is 6.64. The van der Waals surface area contributed by atoms with Crippen LogP contribution in [0.15, 0.2) is 0 Å². The maximum absolute atomic E-state index is 11.7. The summed E-state index contributed by atoms with van der Waals surface area (Å²) in [6, 6.07) is 0. The topological polar surface area (TPSA) is 54.0 Å². The Balaban J connectivity index is 4.16. The summed E-state index contributed by atoms with van der Waals surface area (Å²) in [4.78, 5) is 0. The standard InChI is InChI=1S/C9H21O5P/c1-6-13-8-7-9(2,3)14-15(10,11-4)12-5/h6-8H2,1-5H3. The third-order valence-corrected chi connectivity index (χ3v) is 3.47. The second-order valence-electron chi connectivity index (χ2n) is 3.61. The highest BCUT2D eigenvalue weighted by Crippen LogP contribution is 2.51. The fraction of sp³-hybridized carbons (Fsp3) is 1.00. The van der Waals surface area contributed by atoms with Crippen LogP contribution in [0.4, 0.5) is 0 Å². The summed E-state index contributed by atoms with van der Waals surface area (Å²) in [7, 11) is -0.818. The monoisotopic (exact) mass is 240 g/mol. The van der Waals surface area contributed by atoms with Crippen LogP contribution < -0.4 is 0 Å². The van der Waals surface area contributed by atoms with E-state index in [9.17, 15) is 4.57 Å². The van der Waals surface area contributed by atoms with Gasteiger partial charge >= 0.3 is 7.82 Å². The van der Waals surface area contributed by atoms with Gasteiger partial charge in [0.15, 0.2) is 0 Å². The van der Waals surface area contributed by atoms with Crippen molar-refractivity contribution < 1.29 is 22.9 Å². The summed E-state index contributed by atoms with van der Waals surface area (Å²) in [5.41, 5.74) is -0.600. The Morgan fingerprint density at radius 1 is 1.20 bits per heavy atom. The van der Waals surface area contributed by atoms with Crippen LogP contribution in [0.2, 0.25) is 0 Å². The zero-order chi connectivity index (χ0) is 11.9. The van der Waals surface area contributed by atoms with Gasteiger partial charge in [-0.25, -0.2) is 4.57 Å².